The Morgan fingerprint density at radius 3 is 2.31 bits per heavy atom. The number of hydrogen-bond acceptors (Lipinski definition) is 8. The average Bonchev–Trinajstić information content (AvgIpc) is 2.80. The van der Waals surface area contributed by atoms with Crippen LogP contribution in [0.1, 0.15) is 54.4 Å². The largest absolute Gasteiger partial charge is 0.493 e. The molecule has 0 radical (unpaired) electrons. The van der Waals surface area contributed by atoms with Gasteiger partial charge in [-0.2, -0.15) is 0 Å². The Kier molecular flexibility index (Phi) is 8.15. The molecule has 2 aromatic rings. The van der Waals surface area contributed by atoms with Crippen molar-refractivity contribution in [1.29, 1.82) is 0 Å². The molecule has 1 saturated heterocycles. The van der Waals surface area contributed by atoms with Crippen LogP contribution < -0.4 is 15.0 Å². The van der Waals surface area contributed by atoms with Gasteiger partial charge in [-0.05, 0) is 66.4 Å². The molecule has 0 aliphatic carbocycles. The van der Waals surface area contributed by atoms with E-state index in [9.17, 15) is 14.4 Å². The molecule has 0 bridgehead atoms. The van der Waals surface area contributed by atoms with Gasteiger partial charge in [-0.1, -0.05) is 0 Å². The van der Waals surface area contributed by atoms with E-state index in [2.05, 4.69) is 4.98 Å². The Bertz CT molecular complexity index is 1150. The van der Waals surface area contributed by atoms with Crippen molar-refractivity contribution in [2.24, 2.45) is 11.3 Å². The van der Waals surface area contributed by atoms with E-state index in [1.807, 2.05) is 20.8 Å². The molecule has 0 unspecified atom stereocenters. The first kappa shape index (κ1) is 27.3. The highest BCUT2D eigenvalue weighted by atomic mass is 16.6. The number of methoxy groups -OCH3 is 1. The number of nitrogens with zero attached hydrogens (tertiary/aromatic N) is 3. The van der Waals surface area contributed by atoms with Crippen LogP contribution in [-0.4, -0.2) is 58.9 Å². The van der Waals surface area contributed by atoms with Crippen LogP contribution >= 0.6 is 0 Å². The molecule has 0 saturated carbocycles. The van der Waals surface area contributed by atoms with Crippen LogP contribution in [0.15, 0.2) is 23.3 Å². The predicted molar refractivity (Wildman–Crippen MR) is 134 cm³/mol. The number of aromatic nitrogens is 2. The number of carbonyl (C=O) groups excluding carboxylic acids is 2. The SMILES string of the molecule is COc1cc2c(=O)n(COC(=O)C(C)(C)C)cnc2cc1OCC1CCN(C(=O)OC(C)(C)C)CC1. The molecule has 1 aromatic carbocycles. The molecule has 0 spiro atoms. The van der Waals surface area contributed by atoms with Gasteiger partial charge in [0.2, 0.25) is 0 Å². The van der Waals surface area contributed by atoms with Crippen LogP contribution in [0.5, 0.6) is 11.5 Å². The van der Waals surface area contributed by atoms with Crippen molar-refractivity contribution >= 4 is 23.0 Å². The molecule has 1 fully saturated rings. The zero-order chi connectivity index (χ0) is 26.7. The summed E-state index contributed by atoms with van der Waals surface area (Å²) in [6.07, 6.45) is 2.66. The van der Waals surface area contributed by atoms with Crippen LogP contribution in [0.2, 0.25) is 0 Å². The second kappa shape index (κ2) is 10.8. The summed E-state index contributed by atoms with van der Waals surface area (Å²) >= 11 is 0. The normalized spacial score (nSPS) is 15.0. The standard InChI is InChI=1S/C26H37N3O7/c1-25(2,3)23(31)35-16-29-15-27-19-13-21(20(33-7)12-18(19)22(29)30)34-14-17-8-10-28(11-9-17)24(32)36-26(4,5)6/h12-13,15,17H,8-11,14,16H2,1-7H3. The van der Waals surface area contributed by atoms with E-state index in [1.165, 1.54) is 18.0 Å². The van der Waals surface area contributed by atoms with Crippen LogP contribution in [0.25, 0.3) is 10.9 Å². The lowest BCUT2D eigenvalue weighted by molar-refractivity contribution is -0.157. The lowest BCUT2D eigenvalue weighted by atomic mass is 9.98. The van der Waals surface area contributed by atoms with E-state index in [4.69, 9.17) is 18.9 Å². The highest BCUT2D eigenvalue weighted by molar-refractivity contribution is 5.81. The van der Waals surface area contributed by atoms with Gasteiger partial charge in [-0.15, -0.1) is 0 Å². The topological polar surface area (TPSA) is 109 Å². The number of likely N-dealkylation sites (tertiary alicyclic amines) is 1. The molecular weight excluding hydrogens is 466 g/mol. The van der Waals surface area contributed by atoms with E-state index < -0.39 is 17.0 Å². The number of hydrogen-bond donors (Lipinski definition) is 0. The molecule has 1 aromatic heterocycles. The van der Waals surface area contributed by atoms with Gasteiger partial charge in [0, 0.05) is 19.2 Å². The lowest BCUT2D eigenvalue weighted by Crippen LogP contribution is -2.42. The highest BCUT2D eigenvalue weighted by Gasteiger charge is 2.27. The summed E-state index contributed by atoms with van der Waals surface area (Å²) in [5.74, 6) is 0.760. The summed E-state index contributed by atoms with van der Waals surface area (Å²) in [5.41, 5.74) is -1.08. The van der Waals surface area contributed by atoms with Crippen molar-refractivity contribution in [3.05, 3.63) is 28.8 Å². The molecule has 10 heteroatoms. The van der Waals surface area contributed by atoms with Gasteiger partial charge in [-0.3, -0.25) is 14.2 Å². The summed E-state index contributed by atoms with van der Waals surface area (Å²) in [5, 5.41) is 0.333. The van der Waals surface area contributed by atoms with Gasteiger partial charge in [0.05, 0.1) is 30.0 Å². The minimum Gasteiger partial charge on any atom is -0.493 e. The fourth-order valence-electron chi connectivity index (χ4n) is 3.69. The maximum Gasteiger partial charge on any atom is 0.410 e. The maximum absolute atomic E-state index is 12.9. The number of esters is 1. The van der Waals surface area contributed by atoms with Crippen molar-refractivity contribution < 1.29 is 28.5 Å². The van der Waals surface area contributed by atoms with E-state index >= 15 is 0 Å². The van der Waals surface area contributed by atoms with E-state index in [0.29, 0.717) is 42.1 Å². The van der Waals surface area contributed by atoms with E-state index in [1.54, 1.807) is 37.8 Å². The highest BCUT2D eigenvalue weighted by Crippen LogP contribution is 2.31. The van der Waals surface area contributed by atoms with Crippen LogP contribution in [0.4, 0.5) is 4.79 Å². The van der Waals surface area contributed by atoms with Crippen LogP contribution in [-0.2, 0) is 21.0 Å². The number of rotatable bonds is 6. The van der Waals surface area contributed by atoms with Crippen molar-refractivity contribution in [3.63, 3.8) is 0 Å². The zero-order valence-electron chi connectivity index (χ0n) is 22.3. The molecule has 1 amide bonds. The van der Waals surface area contributed by atoms with Gasteiger partial charge >= 0.3 is 12.1 Å². The summed E-state index contributed by atoms with van der Waals surface area (Å²) in [7, 11) is 1.51. The minimum atomic E-state index is -0.671. The zero-order valence-corrected chi connectivity index (χ0v) is 22.3. The number of carbonyl (C=O) groups is 2. The molecular formula is C26H37N3O7. The van der Waals surface area contributed by atoms with Gasteiger partial charge in [0.1, 0.15) is 11.9 Å². The third kappa shape index (κ3) is 6.89. The van der Waals surface area contributed by atoms with E-state index in [0.717, 1.165) is 12.8 Å². The molecule has 10 nitrogen and oxygen atoms in total. The monoisotopic (exact) mass is 503 g/mol. The molecule has 1 aliphatic rings. The first-order chi connectivity index (χ1) is 16.8. The third-order valence-corrected chi connectivity index (χ3v) is 5.80. The fourth-order valence-corrected chi connectivity index (χ4v) is 3.69. The van der Waals surface area contributed by atoms with E-state index in [-0.39, 0.29) is 24.3 Å². The van der Waals surface area contributed by atoms with Crippen molar-refractivity contribution in [1.82, 2.24) is 14.5 Å². The molecule has 0 atom stereocenters. The Morgan fingerprint density at radius 1 is 1.06 bits per heavy atom. The van der Waals surface area contributed by atoms with Crippen molar-refractivity contribution in [3.8, 4) is 11.5 Å². The molecule has 2 heterocycles. The summed E-state index contributed by atoms with van der Waals surface area (Å²) < 4.78 is 23.5. The third-order valence-electron chi connectivity index (χ3n) is 5.80. The molecule has 198 valence electrons. The lowest BCUT2D eigenvalue weighted by Gasteiger charge is -2.33. The number of ether oxygens (including phenoxy) is 4. The molecule has 0 N–H and O–H groups in total. The minimum absolute atomic E-state index is 0.222. The van der Waals surface area contributed by atoms with Crippen molar-refractivity contribution in [2.45, 2.75) is 66.7 Å². The fraction of sp³-hybridized carbons (Fsp3) is 0.615. The van der Waals surface area contributed by atoms with Crippen LogP contribution in [0.3, 0.4) is 0 Å². The van der Waals surface area contributed by atoms with Gasteiger partial charge in [0.25, 0.3) is 5.56 Å². The molecule has 1 aliphatic heterocycles. The Balaban J connectivity index is 1.65. The Hall–Kier alpha value is -3.30. The quantitative estimate of drug-likeness (QED) is 0.545. The van der Waals surface area contributed by atoms with Gasteiger partial charge in [0.15, 0.2) is 18.2 Å². The second-order valence-corrected chi connectivity index (χ2v) is 11.1. The smallest absolute Gasteiger partial charge is 0.410 e. The Morgan fingerprint density at radius 2 is 1.72 bits per heavy atom. The first-order valence-corrected chi connectivity index (χ1v) is 12.1. The molecule has 36 heavy (non-hydrogen) atoms. The maximum atomic E-state index is 12.9. The molecule has 3 rings (SSSR count). The number of amides is 1. The predicted octanol–water partition coefficient (Wildman–Crippen LogP) is 3.98. The summed E-state index contributed by atoms with van der Waals surface area (Å²) in [6, 6.07) is 3.27. The first-order valence-electron chi connectivity index (χ1n) is 12.1. The number of fused-ring (bicyclic) bond motifs is 1. The number of piperidine rings is 1. The Labute approximate surface area is 211 Å². The van der Waals surface area contributed by atoms with Crippen LogP contribution in [0, 0.1) is 11.3 Å². The van der Waals surface area contributed by atoms with Gasteiger partial charge < -0.3 is 23.8 Å². The van der Waals surface area contributed by atoms with Gasteiger partial charge in [-0.25, -0.2) is 9.78 Å². The second-order valence-electron chi connectivity index (χ2n) is 11.1. The van der Waals surface area contributed by atoms with Crippen molar-refractivity contribution in [2.75, 3.05) is 26.8 Å². The number of benzene rings is 1. The summed E-state index contributed by atoms with van der Waals surface area (Å²) in [4.78, 5) is 43.3. The average molecular weight is 504 g/mol. The summed E-state index contributed by atoms with van der Waals surface area (Å²) in [6.45, 7) is 12.2.